The third kappa shape index (κ3) is 3.73. The molecule has 0 unspecified atom stereocenters. The molecule has 0 amide bonds. The number of carbonyl (C=O) groups excluding carboxylic acids is 1. The summed E-state index contributed by atoms with van der Waals surface area (Å²) in [6, 6.07) is 1.19. The van der Waals surface area contributed by atoms with Gasteiger partial charge in [0.1, 0.15) is 28.6 Å². The summed E-state index contributed by atoms with van der Waals surface area (Å²) in [5, 5.41) is 42.3. The topological polar surface area (TPSA) is 123 Å². The number of nitrogens with zero attached hydrogens (tertiary/aromatic N) is 1. The molecule has 0 aliphatic rings. The van der Waals surface area contributed by atoms with Gasteiger partial charge < -0.3 is 24.8 Å². The molecule has 28 heavy (non-hydrogen) atoms. The van der Waals surface area contributed by atoms with Crippen LogP contribution in [0.1, 0.15) is 40.9 Å². The van der Waals surface area contributed by atoms with Gasteiger partial charge in [-0.15, -0.1) is 0 Å². The smallest absolute Gasteiger partial charge is 0.167 e. The van der Waals surface area contributed by atoms with Crippen molar-refractivity contribution >= 4 is 35.1 Å². The number of phenolic OH excluding ortho intramolecular Hbond substituents is 2. The number of Topliss-reactive ketones (excluding diaryl/α,β-unsaturated/α-hetero) is 1. The van der Waals surface area contributed by atoms with Crippen LogP contribution >= 0.6 is 12.6 Å². The molecule has 2 aromatic rings. The molecule has 7 nitrogen and oxygen atoms in total. The summed E-state index contributed by atoms with van der Waals surface area (Å²) in [5.41, 5.74) is 0.375. The van der Waals surface area contributed by atoms with Gasteiger partial charge in [-0.1, -0.05) is 0 Å². The molecule has 1 aromatic heterocycles. The van der Waals surface area contributed by atoms with Crippen LogP contribution in [0.3, 0.4) is 0 Å². The molecule has 8 heteroatoms. The van der Waals surface area contributed by atoms with E-state index in [1.54, 1.807) is 6.92 Å². The van der Waals surface area contributed by atoms with Crippen LogP contribution in [-0.4, -0.2) is 44.2 Å². The molecule has 0 bridgehead atoms. The molecule has 0 fully saturated rings. The summed E-state index contributed by atoms with van der Waals surface area (Å²) in [4.78, 5) is 16.4. The summed E-state index contributed by atoms with van der Waals surface area (Å²) in [7, 11) is 0. The van der Waals surface area contributed by atoms with Crippen LogP contribution in [0.2, 0.25) is 0 Å². The highest BCUT2D eigenvalue weighted by Crippen LogP contribution is 2.42. The Kier molecular flexibility index (Phi) is 6.45. The average Bonchev–Trinajstić information content (AvgIpc) is 2.67. The van der Waals surface area contributed by atoms with Gasteiger partial charge in [0.05, 0.1) is 17.2 Å². The number of hydrogen-bond acceptors (Lipinski definition) is 8. The van der Waals surface area contributed by atoms with Crippen molar-refractivity contribution < 1.29 is 29.6 Å². The van der Waals surface area contributed by atoms with E-state index in [2.05, 4.69) is 17.6 Å². The van der Waals surface area contributed by atoms with E-state index in [1.807, 2.05) is 0 Å². The van der Waals surface area contributed by atoms with Gasteiger partial charge in [-0.05, 0) is 27.7 Å². The molecule has 0 spiro atoms. The fourth-order valence-corrected chi connectivity index (χ4v) is 3.05. The molecular formula is C20H23NO6S. The summed E-state index contributed by atoms with van der Waals surface area (Å²) < 4.78 is 5.50. The lowest BCUT2D eigenvalue weighted by Crippen LogP contribution is -1.99. The summed E-state index contributed by atoms with van der Waals surface area (Å²) in [5.74, 6) is -1.41. The van der Waals surface area contributed by atoms with E-state index >= 15 is 0 Å². The van der Waals surface area contributed by atoms with Gasteiger partial charge in [-0.2, -0.15) is 12.6 Å². The summed E-state index contributed by atoms with van der Waals surface area (Å²) in [6.45, 7) is 6.19. The third-order valence-corrected chi connectivity index (χ3v) is 4.64. The number of phenols is 2. The van der Waals surface area contributed by atoms with E-state index < -0.39 is 11.5 Å². The van der Waals surface area contributed by atoms with E-state index in [1.165, 1.54) is 26.8 Å². The molecule has 2 rings (SSSR count). The number of aryl methyl sites for hydroxylation is 1. The zero-order valence-corrected chi connectivity index (χ0v) is 17.0. The highest BCUT2D eigenvalue weighted by atomic mass is 32.1. The van der Waals surface area contributed by atoms with Gasteiger partial charge in [0.15, 0.2) is 11.4 Å². The van der Waals surface area contributed by atoms with Crippen LogP contribution in [0.4, 0.5) is 0 Å². The molecular weight excluding hydrogens is 382 g/mol. The summed E-state index contributed by atoms with van der Waals surface area (Å²) in [6.07, 6.45) is 1.10. The number of hydrogen-bond donors (Lipinski definition) is 5. The quantitative estimate of drug-likeness (QED) is 0.298. The number of aliphatic imine (C=N–C) groups is 1. The van der Waals surface area contributed by atoms with Gasteiger partial charge in [0.25, 0.3) is 0 Å². The zero-order valence-electron chi connectivity index (χ0n) is 16.1. The first-order valence-electron chi connectivity index (χ1n) is 8.52. The Hall–Kier alpha value is -2.87. The van der Waals surface area contributed by atoms with Gasteiger partial charge in [-0.25, -0.2) is 0 Å². The van der Waals surface area contributed by atoms with Gasteiger partial charge in [0, 0.05) is 35.2 Å². The molecule has 1 heterocycles. The minimum atomic E-state index is -0.485. The lowest BCUT2D eigenvalue weighted by Gasteiger charge is -2.12. The number of thiol groups is 1. The van der Waals surface area contributed by atoms with Crippen molar-refractivity contribution in [1.82, 2.24) is 0 Å². The first-order chi connectivity index (χ1) is 13.1. The lowest BCUT2D eigenvalue weighted by molar-refractivity contribution is 0.101. The largest absolute Gasteiger partial charge is 0.507 e. The number of rotatable bonds is 4. The van der Waals surface area contributed by atoms with Gasteiger partial charge in [-0.3, -0.25) is 9.79 Å². The van der Waals surface area contributed by atoms with E-state index in [-0.39, 0.29) is 50.5 Å². The normalized spacial score (nSPS) is 11.5. The predicted molar refractivity (Wildman–Crippen MR) is 111 cm³/mol. The van der Waals surface area contributed by atoms with Crippen molar-refractivity contribution in [3.05, 3.63) is 34.6 Å². The Morgan fingerprint density at radius 1 is 1.04 bits per heavy atom. The standard InChI is InChI=1S/C20H23NO6S/c1-9-14-18(25)10(2)19(26)16(12(4)22)20(14)27-7-5-13(23)15(17(9)24)11(3)21-6-8-28/h5,7,23-26,28H,6,8H2,1-4H3. The Labute approximate surface area is 167 Å². The van der Waals surface area contributed by atoms with Crippen molar-refractivity contribution in [2.24, 2.45) is 4.99 Å². The fraction of sp³-hybridized carbons (Fsp3) is 0.300. The minimum Gasteiger partial charge on any atom is -0.507 e. The zero-order chi connectivity index (χ0) is 21.2. The Bertz CT molecular complexity index is 1040. The van der Waals surface area contributed by atoms with Crippen LogP contribution in [-0.2, 0) is 0 Å². The molecule has 4 N–H and O–H groups in total. The average molecular weight is 405 g/mol. The SMILES string of the molecule is CC(=O)c1c(O)c(C)c(O)c2c(C)c(O)c(C(C)=NCCS)c(O)ccoc12. The molecule has 0 atom stereocenters. The Morgan fingerprint density at radius 3 is 2.21 bits per heavy atom. The molecule has 1 aromatic carbocycles. The molecule has 0 aliphatic heterocycles. The number of aromatic hydroxyl groups is 4. The van der Waals surface area contributed by atoms with Crippen LogP contribution < -0.4 is 0 Å². The number of carbonyl (C=O) groups is 1. The maximum atomic E-state index is 12.1. The second kappa shape index (κ2) is 8.43. The van der Waals surface area contributed by atoms with E-state index in [4.69, 9.17) is 4.42 Å². The highest BCUT2D eigenvalue weighted by molar-refractivity contribution is 7.80. The second-order valence-electron chi connectivity index (χ2n) is 6.30. The number of ketones is 1. The maximum absolute atomic E-state index is 12.1. The van der Waals surface area contributed by atoms with Crippen molar-refractivity contribution in [3.8, 4) is 23.0 Å². The van der Waals surface area contributed by atoms with Crippen LogP contribution in [0.5, 0.6) is 23.0 Å². The van der Waals surface area contributed by atoms with E-state index in [9.17, 15) is 25.2 Å². The molecule has 0 radical (unpaired) electrons. The minimum absolute atomic E-state index is 0.0387. The first kappa shape index (κ1) is 21.4. The van der Waals surface area contributed by atoms with Crippen molar-refractivity contribution in [3.63, 3.8) is 0 Å². The summed E-state index contributed by atoms with van der Waals surface area (Å²) >= 11 is 4.10. The Balaban J connectivity index is 3.18. The van der Waals surface area contributed by atoms with Crippen molar-refractivity contribution in [2.75, 3.05) is 12.3 Å². The van der Waals surface area contributed by atoms with Gasteiger partial charge in [0.2, 0.25) is 0 Å². The van der Waals surface area contributed by atoms with Crippen LogP contribution in [0.15, 0.2) is 21.7 Å². The fourth-order valence-electron chi connectivity index (χ4n) is 2.95. The first-order valence-corrected chi connectivity index (χ1v) is 9.15. The second-order valence-corrected chi connectivity index (χ2v) is 6.75. The van der Waals surface area contributed by atoms with Crippen molar-refractivity contribution in [1.29, 1.82) is 0 Å². The van der Waals surface area contributed by atoms with Crippen LogP contribution in [0.25, 0.3) is 11.0 Å². The van der Waals surface area contributed by atoms with E-state index in [0.29, 0.717) is 18.0 Å². The lowest BCUT2D eigenvalue weighted by atomic mass is 9.97. The van der Waals surface area contributed by atoms with E-state index in [0.717, 1.165) is 6.26 Å². The van der Waals surface area contributed by atoms with Gasteiger partial charge >= 0.3 is 0 Å². The molecule has 0 saturated carbocycles. The Morgan fingerprint density at radius 2 is 1.64 bits per heavy atom. The number of benzene rings is 1. The molecule has 150 valence electrons. The molecule has 0 aliphatic carbocycles. The molecule has 0 saturated heterocycles. The monoisotopic (exact) mass is 405 g/mol. The maximum Gasteiger partial charge on any atom is 0.167 e. The highest BCUT2D eigenvalue weighted by Gasteiger charge is 2.23. The predicted octanol–water partition coefficient (Wildman–Crippen LogP) is 3.94. The third-order valence-electron chi connectivity index (χ3n) is 4.44. The van der Waals surface area contributed by atoms with Crippen molar-refractivity contribution in [2.45, 2.75) is 27.7 Å². The van der Waals surface area contributed by atoms with Crippen LogP contribution in [0, 0.1) is 13.8 Å². The number of fused-ring (bicyclic) bond motifs is 1.